The Kier molecular flexibility index (Phi) is 20.7. The van der Waals surface area contributed by atoms with Crippen molar-refractivity contribution in [3.05, 3.63) is 0 Å². The lowest BCUT2D eigenvalue weighted by Crippen LogP contribution is -2.16. The number of rotatable bonds is 3. The van der Waals surface area contributed by atoms with Crippen LogP contribution in [0.15, 0.2) is 0 Å². The topological polar surface area (TPSA) is 20.2 Å². The van der Waals surface area contributed by atoms with Gasteiger partial charge in [-0.25, -0.2) is 0 Å². The predicted molar refractivity (Wildman–Crippen MR) is 60.5 cm³/mol. The highest BCUT2D eigenvalue weighted by molar-refractivity contribution is 4.61. The average molecular weight is 178 g/mol. The Hall–Kier alpha value is -0.0400. The first-order valence-corrected chi connectivity index (χ1v) is 3.72. The maximum Gasteiger partial charge on any atom is 0.0565 e. The van der Waals surface area contributed by atoms with Crippen molar-refractivity contribution in [2.45, 2.75) is 62.5 Å². The van der Waals surface area contributed by atoms with Gasteiger partial charge in [0.15, 0.2) is 0 Å². The average Bonchev–Trinajstić information content (AvgIpc) is 1.63. The van der Waals surface area contributed by atoms with E-state index in [1.165, 1.54) is 0 Å². The first-order valence-electron chi connectivity index (χ1n) is 3.72. The fourth-order valence-corrected chi connectivity index (χ4v) is 0.755. The van der Waals surface area contributed by atoms with Crippen LogP contribution in [0.2, 0.25) is 0 Å². The Labute approximate surface area is 80.2 Å². The van der Waals surface area contributed by atoms with Gasteiger partial charge in [0.05, 0.1) is 6.10 Å². The molecule has 1 N–H and O–H groups in total. The van der Waals surface area contributed by atoms with E-state index >= 15 is 0 Å². The molecule has 0 saturated carbocycles. The summed E-state index contributed by atoms with van der Waals surface area (Å²) >= 11 is 0. The summed E-state index contributed by atoms with van der Waals surface area (Å²) in [5.74, 6) is 1.02. The Morgan fingerprint density at radius 2 is 1.25 bits per heavy atom. The molecular weight excluding hydrogens is 148 g/mol. The summed E-state index contributed by atoms with van der Waals surface area (Å²) in [4.78, 5) is 0. The molecule has 1 atom stereocenters. The van der Waals surface area contributed by atoms with Crippen LogP contribution in [0.4, 0.5) is 0 Å². The third-order valence-corrected chi connectivity index (χ3v) is 1.48. The van der Waals surface area contributed by atoms with Crippen LogP contribution in [0, 0.1) is 11.8 Å². The minimum Gasteiger partial charge on any atom is -0.393 e. The SMILES string of the molecule is C.C.C.CC(C)C[C@H](O)C(C)C. The van der Waals surface area contributed by atoms with E-state index in [0.29, 0.717) is 11.8 Å². The third-order valence-electron chi connectivity index (χ3n) is 1.48. The molecule has 0 aromatic heterocycles. The van der Waals surface area contributed by atoms with Crippen molar-refractivity contribution in [3.63, 3.8) is 0 Å². The van der Waals surface area contributed by atoms with Crippen LogP contribution >= 0.6 is 0 Å². The highest BCUT2D eigenvalue weighted by Crippen LogP contribution is 2.11. The normalized spacial score (nSPS) is 11.2. The van der Waals surface area contributed by atoms with Crippen molar-refractivity contribution < 1.29 is 5.11 Å². The molecular formula is C11H30O. The van der Waals surface area contributed by atoms with Gasteiger partial charge in [0, 0.05) is 0 Å². The minimum atomic E-state index is -0.106. The van der Waals surface area contributed by atoms with Gasteiger partial charge in [-0.2, -0.15) is 0 Å². The molecule has 1 nitrogen and oxygen atoms in total. The molecule has 0 spiro atoms. The summed E-state index contributed by atoms with van der Waals surface area (Å²) in [5, 5.41) is 9.30. The van der Waals surface area contributed by atoms with Crippen LogP contribution in [0.1, 0.15) is 56.4 Å². The van der Waals surface area contributed by atoms with Gasteiger partial charge < -0.3 is 5.11 Å². The molecule has 0 aliphatic rings. The summed E-state index contributed by atoms with van der Waals surface area (Å²) in [6, 6.07) is 0. The van der Waals surface area contributed by atoms with Crippen molar-refractivity contribution in [2.24, 2.45) is 11.8 Å². The Bertz CT molecular complexity index is 67.4. The molecule has 12 heavy (non-hydrogen) atoms. The van der Waals surface area contributed by atoms with Gasteiger partial charge in [-0.15, -0.1) is 0 Å². The maximum atomic E-state index is 9.30. The second-order valence-electron chi connectivity index (χ2n) is 3.44. The lowest BCUT2D eigenvalue weighted by Gasteiger charge is -2.15. The van der Waals surface area contributed by atoms with Gasteiger partial charge in [-0.05, 0) is 18.3 Å². The van der Waals surface area contributed by atoms with Crippen molar-refractivity contribution in [1.82, 2.24) is 0 Å². The Morgan fingerprint density at radius 3 is 1.33 bits per heavy atom. The zero-order chi connectivity index (χ0) is 7.44. The second kappa shape index (κ2) is 11.0. The lowest BCUT2D eigenvalue weighted by molar-refractivity contribution is 0.103. The molecule has 0 amide bonds. The zero-order valence-corrected chi connectivity index (χ0v) is 6.89. The fourth-order valence-electron chi connectivity index (χ4n) is 0.755. The molecule has 0 radical (unpaired) electrons. The van der Waals surface area contributed by atoms with Crippen LogP contribution in [0.25, 0.3) is 0 Å². The smallest absolute Gasteiger partial charge is 0.0565 e. The van der Waals surface area contributed by atoms with E-state index in [-0.39, 0.29) is 28.4 Å². The number of hydrogen-bond acceptors (Lipinski definition) is 1. The van der Waals surface area contributed by atoms with Gasteiger partial charge in [0.1, 0.15) is 0 Å². The van der Waals surface area contributed by atoms with Gasteiger partial charge in [0.25, 0.3) is 0 Å². The Morgan fingerprint density at radius 1 is 0.917 bits per heavy atom. The van der Waals surface area contributed by atoms with Crippen LogP contribution in [-0.2, 0) is 0 Å². The van der Waals surface area contributed by atoms with Gasteiger partial charge >= 0.3 is 0 Å². The minimum absolute atomic E-state index is 0. The third kappa shape index (κ3) is 12.6. The quantitative estimate of drug-likeness (QED) is 0.693. The molecule has 0 saturated heterocycles. The van der Waals surface area contributed by atoms with E-state index in [1.54, 1.807) is 0 Å². The van der Waals surface area contributed by atoms with Crippen LogP contribution in [0.5, 0.6) is 0 Å². The lowest BCUT2D eigenvalue weighted by atomic mass is 9.98. The summed E-state index contributed by atoms with van der Waals surface area (Å²) in [6.45, 7) is 8.36. The van der Waals surface area contributed by atoms with E-state index in [4.69, 9.17) is 0 Å². The number of hydrogen-bond donors (Lipinski definition) is 1. The zero-order valence-electron chi connectivity index (χ0n) is 6.89. The van der Waals surface area contributed by atoms with Crippen molar-refractivity contribution in [1.29, 1.82) is 0 Å². The highest BCUT2D eigenvalue weighted by atomic mass is 16.3. The Balaban J connectivity index is -0.000000107. The van der Waals surface area contributed by atoms with E-state index in [9.17, 15) is 5.11 Å². The molecule has 0 aromatic carbocycles. The standard InChI is InChI=1S/C8H18O.3CH4/c1-6(2)5-8(9)7(3)4;;;/h6-9H,5H2,1-4H3;3*1H4/t8-;;;/m0.../s1. The molecule has 0 rings (SSSR count). The van der Waals surface area contributed by atoms with E-state index in [2.05, 4.69) is 13.8 Å². The molecule has 0 heterocycles. The highest BCUT2D eigenvalue weighted by Gasteiger charge is 2.09. The van der Waals surface area contributed by atoms with E-state index < -0.39 is 0 Å². The first-order chi connectivity index (χ1) is 4.04. The molecule has 0 unspecified atom stereocenters. The van der Waals surface area contributed by atoms with Gasteiger partial charge in [0.2, 0.25) is 0 Å². The molecule has 0 aliphatic carbocycles. The van der Waals surface area contributed by atoms with Gasteiger partial charge in [-0.1, -0.05) is 50.0 Å². The van der Waals surface area contributed by atoms with E-state index in [1.807, 2.05) is 13.8 Å². The molecule has 0 bridgehead atoms. The molecule has 0 fully saturated rings. The second-order valence-corrected chi connectivity index (χ2v) is 3.44. The molecule has 1 heteroatoms. The van der Waals surface area contributed by atoms with Crippen LogP contribution in [0.3, 0.4) is 0 Å². The first kappa shape index (κ1) is 22.7. The summed E-state index contributed by atoms with van der Waals surface area (Å²) < 4.78 is 0. The summed E-state index contributed by atoms with van der Waals surface area (Å²) in [6.07, 6.45) is 0.822. The van der Waals surface area contributed by atoms with Crippen molar-refractivity contribution in [3.8, 4) is 0 Å². The maximum absolute atomic E-state index is 9.30. The van der Waals surface area contributed by atoms with Crippen LogP contribution < -0.4 is 0 Å². The number of aliphatic hydroxyl groups is 1. The molecule has 0 aromatic rings. The van der Waals surface area contributed by atoms with Crippen LogP contribution in [-0.4, -0.2) is 11.2 Å². The predicted octanol–water partition coefficient (Wildman–Crippen LogP) is 3.96. The fraction of sp³-hybridized carbons (Fsp3) is 1.00. The summed E-state index contributed by atoms with van der Waals surface area (Å²) in [7, 11) is 0. The summed E-state index contributed by atoms with van der Waals surface area (Å²) in [5.41, 5.74) is 0. The van der Waals surface area contributed by atoms with Crippen molar-refractivity contribution >= 4 is 0 Å². The molecule has 80 valence electrons. The monoisotopic (exact) mass is 178 g/mol. The van der Waals surface area contributed by atoms with E-state index in [0.717, 1.165) is 6.42 Å². The molecule has 0 aliphatic heterocycles. The number of aliphatic hydroxyl groups excluding tert-OH is 1. The largest absolute Gasteiger partial charge is 0.393 e. The van der Waals surface area contributed by atoms with Crippen molar-refractivity contribution in [2.75, 3.05) is 0 Å². The van der Waals surface area contributed by atoms with Gasteiger partial charge in [-0.3, -0.25) is 0 Å².